The summed E-state index contributed by atoms with van der Waals surface area (Å²) < 4.78 is 10.7. The summed E-state index contributed by atoms with van der Waals surface area (Å²) >= 11 is 0. The molecule has 92 valence electrons. The minimum absolute atomic E-state index is 0.0242. The van der Waals surface area contributed by atoms with Gasteiger partial charge in [-0.15, -0.1) is 0 Å². The van der Waals surface area contributed by atoms with Crippen molar-refractivity contribution in [2.75, 3.05) is 33.0 Å². The molecule has 0 saturated heterocycles. The van der Waals surface area contributed by atoms with E-state index in [0.717, 1.165) is 13.0 Å². The molecular formula is C11H25NO3. The highest BCUT2D eigenvalue weighted by molar-refractivity contribution is 4.66. The average Bonchev–Trinajstić information content (AvgIpc) is 2.20. The Kier molecular flexibility index (Phi) is 10.3. The highest BCUT2D eigenvalue weighted by Crippen LogP contribution is 1.89. The minimum atomic E-state index is 0.0242. The van der Waals surface area contributed by atoms with Gasteiger partial charge in [-0.25, -0.2) is 0 Å². The van der Waals surface area contributed by atoms with Gasteiger partial charge in [0.25, 0.3) is 0 Å². The molecule has 1 atom stereocenters. The van der Waals surface area contributed by atoms with Crippen LogP contribution >= 0.6 is 0 Å². The third-order valence-corrected chi connectivity index (χ3v) is 1.83. The Morgan fingerprint density at radius 1 is 1.13 bits per heavy atom. The van der Waals surface area contributed by atoms with Crippen LogP contribution in [0.5, 0.6) is 0 Å². The lowest BCUT2D eigenvalue weighted by Crippen LogP contribution is -2.41. The SMILES string of the molecule is CCCOCCOCC(CO)NC(C)C. The molecule has 0 rings (SSSR count). The maximum atomic E-state index is 9.04. The molecule has 15 heavy (non-hydrogen) atoms. The molecule has 0 aromatic rings. The van der Waals surface area contributed by atoms with E-state index in [1.807, 2.05) is 13.8 Å². The summed E-state index contributed by atoms with van der Waals surface area (Å²) in [4.78, 5) is 0. The second-order valence-electron chi connectivity index (χ2n) is 3.89. The van der Waals surface area contributed by atoms with Crippen molar-refractivity contribution in [3.63, 3.8) is 0 Å². The summed E-state index contributed by atoms with van der Waals surface area (Å²) in [6.07, 6.45) is 1.04. The number of hydrogen-bond donors (Lipinski definition) is 2. The fourth-order valence-corrected chi connectivity index (χ4v) is 1.21. The molecule has 4 heteroatoms. The summed E-state index contributed by atoms with van der Waals surface area (Å²) in [7, 11) is 0. The standard InChI is InChI=1S/C11H25NO3/c1-4-5-14-6-7-15-9-11(8-13)12-10(2)3/h10-13H,4-9H2,1-3H3. The van der Waals surface area contributed by atoms with Crippen LogP contribution in [0.1, 0.15) is 27.2 Å². The molecular weight excluding hydrogens is 194 g/mol. The van der Waals surface area contributed by atoms with E-state index in [9.17, 15) is 0 Å². The maximum absolute atomic E-state index is 9.04. The monoisotopic (exact) mass is 219 g/mol. The molecule has 0 aliphatic heterocycles. The van der Waals surface area contributed by atoms with Crippen molar-refractivity contribution < 1.29 is 14.6 Å². The molecule has 4 nitrogen and oxygen atoms in total. The minimum Gasteiger partial charge on any atom is -0.395 e. The van der Waals surface area contributed by atoms with Gasteiger partial charge in [-0.2, -0.15) is 0 Å². The van der Waals surface area contributed by atoms with Crippen LogP contribution in [0, 0.1) is 0 Å². The fourth-order valence-electron chi connectivity index (χ4n) is 1.21. The van der Waals surface area contributed by atoms with Crippen molar-refractivity contribution in [2.45, 2.75) is 39.3 Å². The molecule has 0 bridgehead atoms. The molecule has 2 N–H and O–H groups in total. The Hall–Kier alpha value is -0.160. The lowest BCUT2D eigenvalue weighted by atomic mass is 10.3. The summed E-state index contributed by atoms with van der Waals surface area (Å²) in [6.45, 7) is 8.83. The van der Waals surface area contributed by atoms with Crippen LogP contribution in [0.25, 0.3) is 0 Å². The van der Waals surface area contributed by atoms with E-state index in [2.05, 4.69) is 12.2 Å². The number of rotatable bonds is 10. The van der Waals surface area contributed by atoms with Crippen LogP contribution in [0.3, 0.4) is 0 Å². The molecule has 0 amide bonds. The van der Waals surface area contributed by atoms with Crippen molar-refractivity contribution in [1.82, 2.24) is 5.32 Å². The van der Waals surface area contributed by atoms with E-state index < -0.39 is 0 Å². The van der Waals surface area contributed by atoms with Gasteiger partial charge in [0.1, 0.15) is 0 Å². The lowest BCUT2D eigenvalue weighted by Gasteiger charge is -2.18. The van der Waals surface area contributed by atoms with Crippen LogP contribution in [0.2, 0.25) is 0 Å². The molecule has 0 radical (unpaired) electrons. The molecule has 0 fully saturated rings. The average molecular weight is 219 g/mol. The van der Waals surface area contributed by atoms with Crippen LogP contribution in [-0.4, -0.2) is 50.2 Å². The maximum Gasteiger partial charge on any atom is 0.0701 e. The van der Waals surface area contributed by atoms with Gasteiger partial charge < -0.3 is 19.9 Å². The smallest absolute Gasteiger partial charge is 0.0701 e. The Morgan fingerprint density at radius 3 is 2.33 bits per heavy atom. The van der Waals surface area contributed by atoms with Gasteiger partial charge in [0.2, 0.25) is 0 Å². The third-order valence-electron chi connectivity index (χ3n) is 1.83. The van der Waals surface area contributed by atoms with Gasteiger partial charge in [-0.1, -0.05) is 20.8 Å². The van der Waals surface area contributed by atoms with Gasteiger partial charge in [-0.05, 0) is 6.42 Å². The van der Waals surface area contributed by atoms with Crippen molar-refractivity contribution >= 4 is 0 Å². The van der Waals surface area contributed by atoms with Crippen LogP contribution in [0.15, 0.2) is 0 Å². The molecule has 0 aliphatic carbocycles. The summed E-state index contributed by atoms with van der Waals surface area (Å²) in [6, 6.07) is 0.387. The third kappa shape index (κ3) is 10.1. The Morgan fingerprint density at radius 2 is 1.80 bits per heavy atom. The quantitative estimate of drug-likeness (QED) is 0.533. The zero-order chi connectivity index (χ0) is 11.5. The van der Waals surface area contributed by atoms with Crippen LogP contribution in [-0.2, 0) is 9.47 Å². The summed E-state index contributed by atoms with van der Waals surface area (Å²) in [5.41, 5.74) is 0. The highest BCUT2D eigenvalue weighted by atomic mass is 16.5. The van der Waals surface area contributed by atoms with Crippen molar-refractivity contribution in [3.05, 3.63) is 0 Å². The molecule has 0 saturated carbocycles. The van der Waals surface area contributed by atoms with E-state index >= 15 is 0 Å². The first-order valence-corrected chi connectivity index (χ1v) is 5.73. The van der Waals surface area contributed by atoms with Gasteiger partial charge in [0, 0.05) is 12.6 Å². The van der Waals surface area contributed by atoms with Crippen molar-refractivity contribution in [3.8, 4) is 0 Å². The van der Waals surface area contributed by atoms with E-state index in [1.165, 1.54) is 0 Å². The fraction of sp³-hybridized carbons (Fsp3) is 1.00. The second-order valence-corrected chi connectivity index (χ2v) is 3.89. The van der Waals surface area contributed by atoms with Gasteiger partial charge >= 0.3 is 0 Å². The number of ether oxygens (including phenoxy) is 2. The first-order chi connectivity index (χ1) is 7.20. The molecule has 0 aromatic carbocycles. The molecule has 0 spiro atoms. The Bertz CT molecular complexity index is 131. The van der Waals surface area contributed by atoms with E-state index in [0.29, 0.717) is 25.9 Å². The predicted molar refractivity (Wildman–Crippen MR) is 61.1 cm³/mol. The van der Waals surface area contributed by atoms with Gasteiger partial charge in [0.05, 0.1) is 32.5 Å². The Labute approximate surface area is 93.0 Å². The summed E-state index contributed by atoms with van der Waals surface area (Å²) in [5, 5.41) is 12.3. The largest absolute Gasteiger partial charge is 0.395 e. The topological polar surface area (TPSA) is 50.7 Å². The van der Waals surface area contributed by atoms with Gasteiger partial charge in [-0.3, -0.25) is 0 Å². The number of aliphatic hydroxyl groups is 1. The predicted octanol–water partition coefficient (Wildman–Crippen LogP) is 0.788. The van der Waals surface area contributed by atoms with Crippen LogP contribution in [0.4, 0.5) is 0 Å². The molecule has 0 aromatic heterocycles. The van der Waals surface area contributed by atoms with E-state index in [-0.39, 0.29) is 12.6 Å². The lowest BCUT2D eigenvalue weighted by molar-refractivity contribution is 0.0308. The molecule has 0 heterocycles. The summed E-state index contributed by atoms with van der Waals surface area (Å²) in [5.74, 6) is 0. The zero-order valence-corrected chi connectivity index (χ0v) is 10.2. The number of nitrogens with one attached hydrogen (secondary N) is 1. The van der Waals surface area contributed by atoms with Crippen LogP contribution < -0.4 is 5.32 Å². The molecule has 1 unspecified atom stereocenters. The Balaban J connectivity index is 3.30. The van der Waals surface area contributed by atoms with Gasteiger partial charge in [0.15, 0.2) is 0 Å². The zero-order valence-electron chi connectivity index (χ0n) is 10.2. The number of hydrogen-bond acceptors (Lipinski definition) is 4. The first-order valence-electron chi connectivity index (χ1n) is 5.73. The first kappa shape index (κ1) is 14.8. The highest BCUT2D eigenvalue weighted by Gasteiger charge is 2.07. The second kappa shape index (κ2) is 10.4. The van der Waals surface area contributed by atoms with Crippen molar-refractivity contribution in [2.24, 2.45) is 0 Å². The van der Waals surface area contributed by atoms with Crippen molar-refractivity contribution in [1.29, 1.82) is 0 Å². The molecule has 0 aliphatic rings. The normalized spacial score (nSPS) is 13.4. The number of aliphatic hydroxyl groups excluding tert-OH is 1. The van der Waals surface area contributed by atoms with E-state index in [1.54, 1.807) is 0 Å². The van der Waals surface area contributed by atoms with E-state index in [4.69, 9.17) is 14.6 Å².